The van der Waals surface area contributed by atoms with Gasteiger partial charge in [0, 0.05) is 17.2 Å². The third kappa shape index (κ3) is 3.23. The van der Waals surface area contributed by atoms with Gasteiger partial charge in [0.1, 0.15) is 6.54 Å². The Bertz CT molecular complexity index is 366. The number of nitrogens with zero attached hydrogens (tertiary/aromatic N) is 1. The summed E-state index contributed by atoms with van der Waals surface area (Å²) < 4.78 is 5.62. The van der Waals surface area contributed by atoms with E-state index >= 15 is 0 Å². The molecule has 1 aromatic rings. The van der Waals surface area contributed by atoms with Crippen LogP contribution in [0.1, 0.15) is 5.56 Å². The van der Waals surface area contributed by atoms with E-state index in [9.17, 15) is 4.79 Å². The maximum absolute atomic E-state index is 11.1. The van der Waals surface area contributed by atoms with Gasteiger partial charge in [-0.2, -0.15) is 0 Å². The molecule has 0 atom stereocenters. The topological polar surface area (TPSA) is 29.5 Å². The Morgan fingerprint density at radius 1 is 1.53 bits per heavy atom. The van der Waals surface area contributed by atoms with E-state index in [0.29, 0.717) is 0 Å². The Balaban J connectivity index is 2.85. The molecule has 0 aromatic heterocycles. The average Bonchev–Trinajstić information content (AvgIpc) is 2.21. The number of aryl methyl sites for hydroxylation is 1. The molecule has 0 aliphatic heterocycles. The van der Waals surface area contributed by atoms with Crippen molar-refractivity contribution in [3.05, 3.63) is 28.2 Å². The lowest BCUT2D eigenvalue weighted by Gasteiger charge is -2.20. The van der Waals surface area contributed by atoms with Crippen molar-refractivity contribution in [2.45, 2.75) is 6.92 Å². The molecule has 3 nitrogen and oxygen atoms in total. The van der Waals surface area contributed by atoms with Crippen LogP contribution in [0.2, 0.25) is 0 Å². The van der Waals surface area contributed by atoms with Gasteiger partial charge in [-0.15, -0.1) is 0 Å². The predicted octanol–water partition coefficient (Wildman–Crippen LogP) is 2.37. The molecule has 0 saturated carbocycles. The van der Waals surface area contributed by atoms with Crippen LogP contribution in [0, 0.1) is 6.92 Å². The number of hydrogen-bond donors (Lipinski definition) is 0. The molecule has 0 saturated heterocycles. The van der Waals surface area contributed by atoms with Crippen LogP contribution in [-0.4, -0.2) is 26.7 Å². The molecule has 0 N–H and O–H groups in total. The van der Waals surface area contributed by atoms with Gasteiger partial charge >= 0.3 is 5.97 Å². The summed E-state index contributed by atoms with van der Waals surface area (Å²) in [6.07, 6.45) is 0. The zero-order valence-electron chi connectivity index (χ0n) is 9.08. The Morgan fingerprint density at radius 3 is 2.80 bits per heavy atom. The second kappa shape index (κ2) is 5.16. The molecular formula is C11H14BrNO2. The first-order valence-corrected chi connectivity index (χ1v) is 5.38. The third-order valence-electron chi connectivity index (χ3n) is 2.18. The molecule has 0 spiro atoms. The molecule has 82 valence electrons. The van der Waals surface area contributed by atoms with Crippen molar-refractivity contribution < 1.29 is 9.53 Å². The van der Waals surface area contributed by atoms with Crippen LogP contribution in [0.5, 0.6) is 0 Å². The summed E-state index contributed by atoms with van der Waals surface area (Å²) in [5.41, 5.74) is 2.15. The molecule has 15 heavy (non-hydrogen) atoms. The minimum atomic E-state index is -0.239. The van der Waals surface area contributed by atoms with Crippen molar-refractivity contribution in [1.82, 2.24) is 0 Å². The van der Waals surface area contributed by atoms with Crippen LogP contribution in [-0.2, 0) is 9.53 Å². The molecule has 4 heteroatoms. The first-order chi connectivity index (χ1) is 7.04. The van der Waals surface area contributed by atoms with Gasteiger partial charge in [0.15, 0.2) is 0 Å². The second-order valence-electron chi connectivity index (χ2n) is 3.36. The van der Waals surface area contributed by atoms with Gasteiger partial charge in [-0.25, -0.2) is 0 Å². The summed E-state index contributed by atoms with van der Waals surface area (Å²) in [6, 6.07) is 5.97. The summed E-state index contributed by atoms with van der Waals surface area (Å²) in [5.74, 6) is -0.239. The number of ether oxygens (including phenoxy) is 1. The number of methoxy groups -OCH3 is 1. The maximum Gasteiger partial charge on any atom is 0.325 e. The highest BCUT2D eigenvalue weighted by Gasteiger charge is 2.09. The highest BCUT2D eigenvalue weighted by atomic mass is 79.9. The molecular weight excluding hydrogens is 258 g/mol. The smallest absolute Gasteiger partial charge is 0.325 e. The van der Waals surface area contributed by atoms with E-state index in [2.05, 4.69) is 20.7 Å². The van der Waals surface area contributed by atoms with Crippen LogP contribution >= 0.6 is 15.9 Å². The molecule has 0 fully saturated rings. The number of carbonyl (C=O) groups excluding carboxylic acids is 1. The summed E-state index contributed by atoms with van der Waals surface area (Å²) in [5, 5.41) is 0. The molecule has 0 aliphatic carbocycles. The van der Waals surface area contributed by atoms with Crippen molar-refractivity contribution in [2.75, 3.05) is 25.6 Å². The van der Waals surface area contributed by atoms with Crippen LogP contribution < -0.4 is 4.90 Å². The molecule has 1 rings (SSSR count). The van der Waals surface area contributed by atoms with Crippen LogP contribution in [0.25, 0.3) is 0 Å². The van der Waals surface area contributed by atoms with Gasteiger partial charge in [0.05, 0.1) is 7.11 Å². The van der Waals surface area contributed by atoms with E-state index in [1.54, 1.807) is 0 Å². The number of anilines is 1. The molecule has 0 unspecified atom stereocenters. The normalized spacial score (nSPS) is 9.87. The van der Waals surface area contributed by atoms with Gasteiger partial charge in [0.2, 0.25) is 0 Å². The number of hydrogen-bond acceptors (Lipinski definition) is 3. The van der Waals surface area contributed by atoms with Crippen molar-refractivity contribution in [3.8, 4) is 0 Å². The lowest BCUT2D eigenvalue weighted by Crippen LogP contribution is -2.26. The summed E-state index contributed by atoms with van der Waals surface area (Å²) in [7, 11) is 3.26. The molecule has 0 bridgehead atoms. The van der Waals surface area contributed by atoms with E-state index in [1.807, 2.05) is 37.1 Å². The van der Waals surface area contributed by atoms with Crippen molar-refractivity contribution in [2.24, 2.45) is 0 Å². The highest BCUT2D eigenvalue weighted by molar-refractivity contribution is 9.10. The summed E-state index contributed by atoms with van der Waals surface area (Å²) in [4.78, 5) is 13.0. The van der Waals surface area contributed by atoms with E-state index in [4.69, 9.17) is 0 Å². The van der Waals surface area contributed by atoms with Gasteiger partial charge in [0.25, 0.3) is 0 Å². The van der Waals surface area contributed by atoms with Gasteiger partial charge < -0.3 is 9.64 Å². The van der Waals surface area contributed by atoms with Gasteiger partial charge in [-0.1, -0.05) is 22.0 Å². The predicted molar refractivity (Wildman–Crippen MR) is 64.2 cm³/mol. The number of likely N-dealkylation sites (N-methyl/N-ethyl adjacent to an activating group) is 1. The number of benzene rings is 1. The minimum Gasteiger partial charge on any atom is -0.468 e. The van der Waals surface area contributed by atoms with Gasteiger partial charge in [-0.05, 0) is 24.6 Å². The quantitative estimate of drug-likeness (QED) is 0.791. The zero-order valence-corrected chi connectivity index (χ0v) is 10.7. The standard InChI is InChI=1S/C11H14BrNO2/c1-8-4-5-9(12)6-10(8)13(2)7-11(14)15-3/h4-6H,7H2,1-3H3. The van der Waals surface area contributed by atoms with E-state index in [1.165, 1.54) is 7.11 Å². The van der Waals surface area contributed by atoms with Crippen LogP contribution in [0.3, 0.4) is 0 Å². The van der Waals surface area contributed by atoms with Crippen molar-refractivity contribution in [1.29, 1.82) is 0 Å². The third-order valence-corrected chi connectivity index (χ3v) is 2.67. The first kappa shape index (κ1) is 12.0. The summed E-state index contributed by atoms with van der Waals surface area (Å²) >= 11 is 3.41. The number of halogens is 1. The van der Waals surface area contributed by atoms with Crippen LogP contribution in [0.15, 0.2) is 22.7 Å². The molecule has 0 radical (unpaired) electrons. The Kier molecular flexibility index (Phi) is 4.15. The monoisotopic (exact) mass is 271 g/mol. The van der Waals surface area contributed by atoms with E-state index in [-0.39, 0.29) is 12.5 Å². The fourth-order valence-electron chi connectivity index (χ4n) is 1.34. The Labute approximate surface area is 98.2 Å². The lowest BCUT2D eigenvalue weighted by atomic mass is 10.2. The SMILES string of the molecule is COC(=O)CN(C)c1cc(Br)ccc1C. The molecule has 0 aliphatic rings. The highest BCUT2D eigenvalue weighted by Crippen LogP contribution is 2.23. The maximum atomic E-state index is 11.1. The number of carbonyl (C=O) groups is 1. The van der Waals surface area contributed by atoms with Crippen molar-refractivity contribution in [3.63, 3.8) is 0 Å². The molecule has 0 heterocycles. The largest absolute Gasteiger partial charge is 0.468 e. The Morgan fingerprint density at radius 2 is 2.20 bits per heavy atom. The van der Waals surface area contributed by atoms with Crippen molar-refractivity contribution >= 4 is 27.6 Å². The van der Waals surface area contributed by atoms with E-state index in [0.717, 1.165) is 15.7 Å². The first-order valence-electron chi connectivity index (χ1n) is 4.58. The summed E-state index contributed by atoms with van der Waals surface area (Å²) in [6.45, 7) is 2.27. The zero-order chi connectivity index (χ0) is 11.4. The molecule has 0 amide bonds. The lowest BCUT2D eigenvalue weighted by molar-refractivity contribution is -0.138. The second-order valence-corrected chi connectivity index (χ2v) is 4.28. The van der Waals surface area contributed by atoms with E-state index < -0.39 is 0 Å². The van der Waals surface area contributed by atoms with Crippen LogP contribution in [0.4, 0.5) is 5.69 Å². The fourth-order valence-corrected chi connectivity index (χ4v) is 1.69. The number of rotatable bonds is 3. The average molecular weight is 272 g/mol. The molecule has 1 aromatic carbocycles. The fraction of sp³-hybridized carbons (Fsp3) is 0.364. The number of esters is 1. The van der Waals surface area contributed by atoms with Gasteiger partial charge in [-0.3, -0.25) is 4.79 Å². The minimum absolute atomic E-state index is 0.239. The Hall–Kier alpha value is -1.03.